The van der Waals surface area contributed by atoms with Gasteiger partial charge in [-0.1, -0.05) is 30.3 Å². The molecule has 0 bridgehead atoms. The summed E-state index contributed by atoms with van der Waals surface area (Å²) in [6, 6.07) is 16.2. The van der Waals surface area contributed by atoms with Crippen molar-refractivity contribution in [2.45, 2.75) is 25.8 Å². The van der Waals surface area contributed by atoms with Crippen LogP contribution in [0.1, 0.15) is 22.8 Å². The molecule has 0 amide bonds. The van der Waals surface area contributed by atoms with Crippen molar-refractivity contribution >= 4 is 5.82 Å². The molecule has 130 valence electrons. The van der Waals surface area contributed by atoms with Gasteiger partial charge in [-0.15, -0.1) is 10.2 Å². The Bertz CT molecular complexity index is 925. The Morgan fingerprint density at radius 3 is 2.73 bits per heavy atom. The van der Waals surface area contributed by atoms with Crippen molar-refractivity contribution in [2.75, 3.05) is 18.0 Å². The van der Waals surface area contributed by atoms with Crippen LogP contribution in [0.3, 0.4) is 0 Å². The molecular formula is C20H20N6. The molecule has 0 fully saturated rings. The van der Waals surface area contributed by atoms with E-state index in [1.807, 2.05) is 12.1 Å². The van der Waals surface area contributed by atoms with E-state index in [4.69, 9.17) is 5.26 Å². The minimum atomic E-state index is 0.641. The summed E-state index contributed by atoms with van der Waals surface area (Å²) in [6.45, 7) is 2.51. The topological polar surface area (TPSA) is 70.6 Å². The predicted molar refractivity (Wildman–Crippen MR) is 98.7 cm³/mol. The van der Waals surface area contributed by atoms with Crippen LogP contribution in [0.4, 0.5) is 5.82 Å². The Balaban J connectivity index is 1.47. The van der Waals surface area contributed by atoms with Gasteiger partial charge < -0.3 is 9.47 Å². The van der Waals surface area contributed by atoms with Gasteiger partial charge >= 0.3 is 0 Å². The maximum absolute atomic E-state index is 9.10. The van der Waals surface area contributed by atoms with E-state index < -0.39 is 0 Å². The van der Waals surface area contributed by atoms with Gasteiger partial charge in [-0.05, 0) is 24.1 Å². The molecule has 6 nitrogen and oxygen atoms in total. The third kappa shape index (κ3) is 3.42. The standard InChI is InChI=1S/C20H20N6/c21-15-17-8-10-22-20(14-17)25-11-9-19-24-23-18(26(19)13-12-25)7-6-16-4-2-1-3-5-16/h1-5,8,10,14H,6-7,9,11-13H2. The number of hydrogen-bond acceptors (Lipinski definition) is 5. The summed E-state index contributed by atoms with van der Waals surface area (Å²) in [7, 11) is 0. The Morgan fingerprint density at radius 1 is 1.00 bits per heavy atom. The molecule has 0 aliphatic carbocycles. The zero-order valence-electron chi connectivity index (χ0n) is 14.5. The Kier molecular flexibility index (Phi) is 4.61. The van der Waals surface area contributed by atoms with Crippen molar-refractivity contribution in [1.29, 1.82) is 5.26 Å². The molecule has 0 radical (unpaired) electrons. The number of aromatic nitrogens is 4. The fourth-order valence-corrected chi connectivity index (χ4v) is 3.36. The van der Waals surface area contributed by atoms with E-state index in [-0.39, 0.29) is 0 Å². The summed E-state index contributed by atoms with van der Waals surface area (Å²) in [5, 5.41) is 17.9. The molecule has 4 rings (SSSR count). The van der Waals surface area contributed by atoms with Crippen LogP contribution in [-0.4, -0.2) is 32.8 Å². The number of anilines is 1. The average Bonchev–Trinajstić information content (AvgIpc) is 2.96. The highest BCUT2D eigenvalue weighted by molar-refractivity contribution is 5.45. The van der Waals surface area contributed by atoms with E-state index in [0.717, 1.165) is 56.4 Å². The monoisotopic (exact) mass is 344 g/mol. The van der Waals surface area contributed by atoms with Crippen molar-refractivity contribution in [3.8, 4) is 6.07 Å². The highest BCUT2D eigenvalue weighted by Crippen LogP contribution is 2.17. The SMILES string of the molecule is N#Cc1ccnc(N2CCc3nnc(CCc4ccccc4)n3CC2)c1. The maximum atomic E-state index is 9.10. The molecule has 0 saturated carbocycles. The highest BCUT2D eigenvalue weighted by Gasteiger charge is 2.19. The lowest BCUT2D eigenvalue weighted by atomic mass is 10.1. The summed E-state index contributed by atoms with van der Waals surface area (Å²) in [5.41, 5.74) is 1.96. The lowest BCUT2D eigenvalue weighted by molar-refractivity contribution is 0.641. The van der Waals surface area contributed by atoms with Crippen LogP contribution in [0.15, 0.2) is 48.7 Å². The van der Waals surface area contributed by atoms with Crippen molar-refractivity contribution in [1.82, 2.24) is 19.7 Å². The quantitative estimate of drug-likeness (QED) is 0.727. The number of hydrogen-bond donors (Lipinski definition) is 0. The summed E-state index contributed by atoms with van der Waals surface area (Å²) in [6.07, 6.45) is 4.38. The first kappa shape index (κ1) is 16.3. The number of rotatable bonds is 4. The highest BCUT2D eigenvalue weighted by atomic mass is 15.3. The fourth-order valence-electron chi connectivity index (χ4n) is 3.36. The predicted octanol–water partition coefficient (Wildman–Crippen LogP) is 2.39. The molecule has 0 unspecified atom stereocenters. The molecule has 3 aromatic rings. The van der Waals surface area contributed by atoms with Crippen LogP contribution in [0.25, 0.3) is 0 Å². The molecule has 0 atom stereocenters. The Morgan fingerprint density at radius 2 is 1.88 bits per heavy atom. The van der Waals surface area contributed by atoms with E-state index >= 15 is 0 Å². The van der Waals surface area contributed by atoms with Gasteiger partial charge in [-0.2, -0.15) is 5.26 Å². The number of nitriles is 1. The molecule has 0 saturated heterocycles. The second-order valence-corrected chi connectivity index (χ2v) is 6.42. The molecular weight excluding hydrogens is 324 g/mol. The lowest BCUT2D eigenvalue weighted by Gasteiger charge is -2.21. The van der Waals surface area contributed by atoms with Crippen LogP contribution >= 0.6 is 0 Å². The number of benzene rings is 1. The van der Waals surface area contributed by atoms with E-state index in [9.17, 15) is 0 Å². The normalized spacial score (nSPS) is 13.7. The Labute approximate surface area is 152 Å². The smallest absolute Gasteiger partial charge is 0.134 e. The first-order valence-corrected chi connectivity index (χ1v) is 8.89. The third-order valence-electron chi connectivity index (χ3n) is 4.78. The van der Waals surface area contributed by atoms with Crippen LogP contribution < -0.4 is 4.90 Å². The average molecular weight is 344 g/mol. The van der Waals surface area contributed by atoms with Gasteiger partial charge in [-0.25, -0.2) is 4.98 Å². The summed E-state index contributed by atoms with van der Waals surface area (Å²) in [5.74, 6) is 2.94. The lowest BCUT2D eigenvalue weighted by Crippen LogP contribution is -2.27. The first-order chi connectivity index (χ1) is 12.8. The Hall–Kier alpha value is -3.20. The van der Waals surface area contributed by atoms with Crippen LogP contribution in [0.2, 0.25) is 0 Å². The zero-order valence-corrected chi connectivity index (χ0v) is 14.5. The van der Waals surface area contributed by atoms with Gasteiger partial charge in [0.2, 0.25) is 0 Å². The van der Waals surface area contributed by atoms with E-state index in [2.05, 4.69) is 55.0 Å². The summed E-state index contributed by atoms with van der Waals surface area (Å²) in [4.78, 5) is 6.65. The molecule has 2 aromatic heterocycles. The number of pyridine rings is 1. The van der Waals surface area contributed by atoms with E-state index in [1.165, 1.54) is 5.56 Å². The van der Waals surface area contributed by atoms with Gasteiger partial charge in [0.15, 0.2) is 0 Å². The van der Waals surface area contributed by atoms with Crippen LogP contribution in [-0.2, 0) is 25.8 Å². The van der Waals surface area contributed by atoms with Crippen molar-refractivity contribution in [3.63, 3.8) is 0 Å². The van der Waals surface area contributed by atoms with Gasteiger partial charge in [0, 0.05) is 38.7 Å². The second kappa shape index (κ2) is 7.36. The zero-order chi connectivity index (χ0) is 17.8. The molecule has 3 heterocycles. The number of nitrogens with zero attached hydrogens (tertiary/aromatic N) is 6. The van der Waals surface area contributed by atoms with Gasteiger partial charge in [0.05, 0.1) is 11.6 Å². The van der Waals surface area contributed by atoms with Crippen LogP contribution in [0.5, 0.6) is 0 Å². The largest absolute Gasteiger partial charge is 0.354 e. The van der Waals surface area contributed by atoms with Gasteiger partial charge in [0.25, 0.3) is 0 Å². The minimum absolute atomic E-state index is 0.641. The third-order valence-corrected chi connectivity index (χ3v) is 4.78. The molecule has 1 aliphatic rings. The molecule has 0 spiro atoms. The summed E-state index contributed by atoms with van der Waals surface area (Å²) < 4.78 is 2.25. The summed E-state index contributed by atoms with van der Waals surface area (Å²) >= 11 is 0. The van der Waals surface area contributed by atoms with Crippen molar-refractivity contribution in [2.24, 2.45) is 0 Å². The van der Waals surface area contributed by atoms with Crippen LogP contribution in [0, 0.1) is 11.3 Å². The maximum Gasteiger partial charge on any atom is 0.134 e. The van der Waals surface area contributed by atoms with E-state index in [1.54, 1.807) is 12.3 Å². The first-order valence-electron chi connectivity index (χ1n) is 8.89. The van der Waals surface area contributed by atoms with Crippen molar-refractivity contribution < 1.29 is 0 Å². The van der Waals surface area contributed by atoms with Crippen molar-refractivity contribution in [3.05, 3.63) is 71.4 Å². The molecule has 1 aromatic carbocycles. The molecule has 26 heavy (non-hydrogen) atoms. The number of fused-ring (bicyclic) bond motifs is 1. The second-order valence-electron chi connectivity index (χ2n) is 6.42. The molecule has 0 N–H and O–H groups in total. The number of aryl methyl sites for hydroxylation is 2. The van der Waals surface area contributed by atoms with Gasteiger partial charge in [-0.3, -0.25) is 0 Å². The minimum Gasteiger partial charge on any atom is -0.354 e. The fraction of sp³-hybridized carbons (Fsp3) is 0.300. The molecule has 6 heteroatoms. The van der Waals surface area contributed by atoms with E-state index in [0.29, 0.717) is 5.56 Å². The molecule has 1 aliphatic heterocycles. The van der Waals surface area contributed by atoms with Gasteiger partial charge in [0.1, 0.15) is 17.5 Å².